The third kappa shape index (κ3) is 4.21. The maximum Gasteiger partial charge on any atom is 0.329 e. The van der Waals surface area contributed by atoms with Crippen LogP contribution in [0.25, 0.3) is 11.2 Å². The SMILES string of the molecule is CCCCCNc1nc2c(c(=O)[nH]c(=O)n2C)n1CCOc1ccccc1. The summed E-state index contributed by atoms with van der Waals surface area (Å²) in [7, 11) is 1.60. The summed E-state index contributed by atoms with van der Waals surface area (Å²) in [6.07, 6.45) is 3.25. The van der Waals surface area contributed by atoms with Crippen molar-refractivity contribution in [1.82, 2.24) is 19.1 Å². The molecule has 0 aliphatic rings. The number of unbranched alkanes of at least 4 members (excludes halogenated alkanes) is 2. The number of anilines is 1. The first-order valence-electron chi connectivity index (χ1n) is 9.23. The maximum absolute atomic E-state index is 12.4. The Morgan fingerprint density at radius 3 is 2.70 bits per heavy atom. The number of nitrogens with zero attached hydrogens (tertiary/aromatic N) is 3. The molecule has 2 N–H and O–H groups in total. The van der Waals surface area contributed by atoms with E-state index in [1.54, 1.807) is 11.6 Å². The highest BCUT2D eigenvalue weighted by atomic mass is 16.5. The number of hydrogen-bond donors (Lipinski definition) is 2. The first-order chi connectivity index (χ1) is 13.1. The Kier molecular flexibility index (Phi) is 5.95. The predicted molar refractivity (Wildman–Crippen MR) is 106 cm³/mol. The lowest BCUT2D eigenvalue weighted by atomic mass is 10.2. The standard InChI is InChI=1S/C19H25N5O3/c1-3-4-8-11-20-18-21-16-15(17(25)22-19(26)23(16)2)24(18)12-13-27-14-9-6-5-7-10-14/h5-7,9-10H,3-4,8,11-13H2,1-2H3,(H,20,21)(H,22,25,26). The second-order valence-electron chi connectivity index (χ2n) is 6.37. The number of benzene rings is 1. The molecule has 3 aromatic rings. The molecular formula is C19H25N5O3. The van der Waals surface area contributed by atoms with Crippen LogP contribution in [0, 0.1) is 0 Å². The number of imidazole rings is 1. The molecule has 0 amide bonds. The van der Waals surface area contributed by atoms with E-state index < -0.39 is 11.2 Å². The molecule has 2 heterocycles. The molecule has 0 saturated heterocycles. The molecule has 8 heteroatoms. The Morgan fingerprint density at radius 1 is 1.19 bits per heavy atom. The molecule has 0 bridgehead atoms. The molecule has 2 aromatic heterocycles. The zero-order valence-electron chi connectivity index (χ0n) is 15.7. The minimum atomic E-state index is -0.477. The Labute approximate surface area is 156 Å². The molecule has 0 aliphatic carbocycles. The number of H-pyrrole nitrogens is 1. The highest BCUT2D eigenvalue weighted by Gasteiger charge is 2.17. The van der Waals surface area contributed by atoms with Crippen LogP contribution in [-0.2, 0) is 13.6 Å². The Morgan fingerprint density at radius 2 is 1.96 bits per heavy atom. The van der Waals surface area contributed by atoms with Crippen LogP contribution < -0.4 is 21.3 Å². The van der Waals surface area contributed by atoms with E-state index in [1.165, 1.54) is 4.57 Å². The molecule has 8 nitrogen and oxygen atoms in total. The van der Waals surface area contributed by atoms with Crippen molar-refractivity contribution in [2.24, 2.45) is 7.05 Å². The van der Waals surface area contributed by atoms with Crippen LogP contribution in [0.5, 0.6) is 5.75 Å². The number of aryl methyl sites for hydroxylation is 1. The third-order valence-corrected chi connectivity index (χ3v) is 4.40. The van der Waals surface area contributed by atoms with Gasteiger partial charge in [-0.3, -0.25) is 14.3 Å². The summed E-state index contributed by atoms with van der Waals surface area (Å²) in [5.74, 6) is 1.34. The average molecular weight is 371 g/mol. The summed E-state index contributed by atoms with van der Waals surface area (Å²) in [5, 5.41) is 3.29. The summed E-state index contributed by atoms with van der Waals surface area (Å²) in [4.78, 5) is 31.1. The zero-order valence-corrected chi connectivity index (χ0v) is 15.7. The van der Waals surface area contributed by atoms with Crippen molar-refractivity contribution in [3.63, 3.8) is 0 Å². The molecule has 0 radical (unpaired) electrons. The second-order valence-corrected chi connectivity index (χ2v) is 6.37. The van der Waals surface area contributed by atoms with Crippen molar-refractivity contribution in [3.8, 4) is 5.75 Å². The lowest BCUT2D eigenvalue weighted by molar-refractivity contribution is 0.301. The Hall–Kier alpha value is -3.03. The minimum absolute atomic E-state index is 0.362. The van der Waals surface area contributed by atoms with E-state index in [0.717, 1.165) is 31.6 Å². The number of rotatable bonds is 9. The Bertz CT molecular complexity index is 1000. The van der Waals surface area contributed by atoms with E-state index in [9.17, 15) is 9.59 Å². The maximum atomic E-state index is 12.4. The lowest BCUT2D eigenvalue weighted by Crippen LogP contribution is -2.29. The summed E-state index contributed by atoms with van der Waals surface area (Å²) in [6.45, 7) is 3.71. The minimum Gasteiger partial charge on any atom is -0.492 e. The topological polar surface area (TPSA) is 93.9 Å². The average Bonchev–Trinajstić information content (AvgIpc) is 3.03. The van der Waals surface area contributed by atoms with Gasteiger partial charge in [0, 0.05) is 13.6 Å². The second kappa shape index (κ2) is 8.57. The zero-order chi connectivity index (χ0) is 19.2. The molecule has 3 rings (SSSR count). The summed E-state index contributed by atoms with van der Waals surface area (Å²) < 4.78 is 8.89. The van der Waals surface area contributed by atoms with Gasteiger partial charge in [-0.1, -0.05) is 38.0 Å². The van der Waals surface area contributed by atoms with E-state index in [0.29, 0.717) is 30.3 Å². The molecule has 0 unspecified atom stereocenters. The summed E-state index contributed by atoms with van der Waals surface area (Å²) in [5.41, 5.74) is -0.189. The molecule has 144 valence electrons. The van der Waals surface area contributed by atoms with E-state index in [4.69, 9.17) is 4.74 Å². The largest absolute Gasteiger partial charge is 0.492 e. The summed E-state index contributed by atoms with van der Waals surface area (Å²) >= 11 is 0. The normalized spacial score (nSPS) is 11.0. The molecule has 0 spiro atoms. The van der Waals surface area contributed by atoms with Gasteiger partial charge in [0.05, 0.1) is 6.54 Å². The van der Waals surface area contributed by atoms with Gasteiger partial charge in [-0.25, -0.2) is 4.79 Å². The number of ether oxygens (including phenoxy) is 1. The van der Waals surface area contributed by atoms with E-state index >= 15 is 0 Å². The van der Waals surface area contributed by atoms with Crippen LogP contribution in [0.4, 0.5) is 5.95 Å². The number of fused-ring (bicyclic) bond motifs is 1. The van der Waals surface area contributed by atoms with Crippen LogP contribution >= 0.6 is 0 Å². The van der Waals surface area contributed by atoms with Crippen molar-refractivity contribution in [3.05, 3.63) is 51.2 Å². The number of nitrogens with one attached hydrogen (secondary N) is 2. The molecule has 0 fully saturated rings. The fourth-order valence-corrected chi connectivity index (χ4v) is 2.93. The fourth-order valence-electron chi connectivity index (χ4n) is 2.93. The van der Waals surface area contributed by atoms with Crippen LogP contribution in [0.2, 0.25) is 0 Å². The quantitative estimate of drug-likeness (QED) is 0.562. The van der Waals surface area contributed by atoms with Gasteiger partial charge in [0.2, 0.25) is 5.95 Å². The van der Waals surface area contributed by atoms with Gasteiger partial charge in [-0.15, -0.1) is 0 Å². The summed E-state index contributed by atoms with van der Waals surface area (Å²) in [6, 6.07) is 9.50. The van der Waals surface area contributed by atoms with Gasteiger partial charge in [-0.2, -0.15) is 4.98 Å². The smallest absolute Gasteiger partial charge is 0.329 e. The van der Waals surface area contributed by atoms with Crippen LogP contribution in [0.3, 0.4) is 0 Å². The highest BCUT2D eigenvalue weighted by Crippen LogP contribution is 2.16. The highest BCUT2D eigenvalue weighted by molar-refractivity contribution is 5.74. The van der Waals surface area contributed by atoms with E-state index in [-0.39, 0.29) is 0 Å². The number of hydrogen-bond acceptors (Lipinski definition) is 5. The molecule has 1 aromatic carbocycles. The van der Waals surface area contributed by atoms with Crippen LogP contribution in [-0.4, -0.2) is 32.3 Å². The van der Waals surface area contributed by atoms with Crippen molar-refractivity contribution in [2.75, 3.05) is 18.5 Å². The number of aromatic amines is 1. The van der Waals surface area contributed by atoms with Gasteiger partial charge >= 0.3 is 5.69 Å². The van der Waals surface area contributed by atoms with Gasteiger partial charge in [-0.05, 0) is 18.6 Å². The van der Waals surface area contributed by atoms with Crippen LogP contribution in [0.15, 0.2) is 39.9 Å². The van der Waals surface area contributed by atoms with E-state index in [2.05, 4.69) is 22.2 Å². The van der Waals surface area contributed by atoms with Gasteiger partial charge in [0.25, 0.3) is 5.56 Å². The van der Waals surface area contributed by atoms with Crippen molar-refractivity contribution < 1.29 is 4.74 Å². The van der Waals surface area contributed by atoms with E-state index in [1.807, 2.05) is 30.3 Å². The molecule has 0 aliphatic heterocycles. The lowest BCUT2D eigenvalue weighted by Gasteiger charge is -2.11. The van der Waals surface area contributed by atoms with Crippen LogP contribution in [0.1, 0.15) is 26.2 Å². The first kappa shape index (κ1) is 18.8. The molecular weight excluding hydrogens is 346 g/mol. The van der Waals surface area contributed by atoms with Crippen molar-refractivity contribution in [1.29, 1.82) is 0 Å². The Balaban J connectivity index is 1.88. The van der Waals surface area contributed by atoms with Gasteiger partial charge in [0.15, 0.2) is 11.2 Å². The molecule has 0 atom stereocenters. The number of para-hydroxylation sites is 1. The first-order valence-corrected chi connectivity index (χ1v) is 9.23. The van der Waals surface area contributed by atoms with Gasteiger partial charge in [0.1, 0.15) is 12.4 Å². The van der Waals surface area contributed by atoms with Crippen molar-refractivity contribution >= 4 is 17.1 Å². The molecule has 27 heavy (non-hydrogen) atoms. The predicted octanol–water partition coefficient (Wildman–Crippen LogP) is 2.10. The third-order valence-electron chi connectivity index (χ3n) is 4.40. The number of aromatic nitrogens is 4. The van der Waals surface area contributed by atoms with Crippen molar-refractivity contribution in [2.45, 2.75) is 32.7 Å². The van der Waals surface area contributed by atoms with Gasteiger partial charge < -0.3 is 14.6 Å². The monoisotopic (exact) mass is 371 g/mol. The fraction of sp³-hybridized carbons (Fsp3) is 0.421. The molecule has 0 saturated carbocycles.